The van der Waals surface area contributed by atoms with Gasteiger partial charge in [-0.05, 0) is 26.7 Å². The van der Waals surface area contributed by atoms with Crippen LogP contribution in [0.5, 0.6) is 0 Å². The highest BCUT2D eigenvalue weighted by molar-refractivity contribution is 5.31. The van der Waals surface area contributed by atoms with Crippen molar-refractivity contribution in [3.63, 3.8) is 0 Å². The summed E-state index contributed by atoms with van der Waals surface area (Å²) in [6.45, 7) is 11.1. The first-order chi connectivity index (χ1) is 7.86. The molecule has 0 spiro atoms. The predicted octanol–water partition coefficient (Wildman–Crippen LogP) is 2.46. The van der Waals surface area contributed by atoms with Gasteiger partial charge in [-0.2, -0.15) is 0 Å². The van der Waals surface area contributed by atoms with Crippen molar-refractivity contribution in [2.75, 3.05) is 11.9 Å². The highest BCUT2D eigenvalue weighted by Crippen LogP contribution is 2.11. The molecule has 4 heteroatoms. The predicted molar refractivity (Wildman–Crippen MR) is 71.4 cm³/mol. The number of hydrogen-bond donors (Lipinski definition) is 1. The van der Waals surface area contributed by atoms with Crippen molar-refractivity contribution in [2.45, 2.75) is 46.6 Å². The number of rotatable bonds is 4. The molecular formula is C13H23N3O. The summed E-state index contributed by atoms with van der Waals surface area (Å²) < 4.78 is 1.71. The summed E-state index contributed by atoms with van der Waals surface area (Å²) in [7, 11) is 0. The summed E-state index contributed by atoms with van der Waals surface area (Å²) in [5.74, 6) is 0.988. The van der Waals surface area contributed by atoms with Crippen LogP contribution in [-0.2, 0) is 5.54 Å². The van der Waals surface area contributed by atoms with E-state index in [-0.39, 0.29) is 11.1 Å². The number of hydrogen-bond acceptors (Lipinski definition) is 3. The van der Waals surface area contributed by atoms with Gasteiger partial charge in [-0.1, -0.05) is 20.3 Å². The molecule has 1 heterocycles. The second-order valence-corrected chi connectivity index (χ2v) is 5.52. The van der Waals surface area contributed by atoms with Crippen molar-refractivity contribution >= 4 is 5.82 Å². The van der Waals surface area contributed by atoms with E-state index in [0.29, 0.717) is 11.7 Å². The minimum absolute atomic E-state index is 0.0525. The van der Waals surface area contributed by atoms with Crippen molar-refractivity contribution < 1.29 is 0 Å². The Morgan fingerprint density at radius 1 is 1.47 bits per heavy atom. The zero-order valence-electron chi connectivity index (χ0n) is 11.4. The molecule has 0 aliphatic rings. The van der Waals surface area contributed by atoms with Crippen LogP contribution in [0.4, 0.5) is 5.82 Å². The summed E-state index contributed by atoms with van der Waals surface area (Å²) in [6.07, 6.45) is 4.50. The van der Waals surface area contributed by atoms with Crippen molar-refractivity contribution in [1.29, 1.82) is 0 Å². The maximum atomic E-state index is 12.2. The van der Waals surface area contributed by atoms with E-state index in [9.17, 15) is 4.79 Å². The van der Waals surface area contributed by atoms with Crippen molar-refractivity contribution in [3.8, 4) is 0 Å². The van der Waals surface area contributed by atoms with Gasteiger partial charge in [-0.25, -0.2) is 4.98 Å². The van der Waals surface area contributed by atoms with E-state index >= 15 is 0 Å². The fourth-order valence-corrected chi connectivity index (χ4v) is 1.48. The van der Waals surface area contributed by atoms with Gasteiger partial charge >= 0.3 is 0 Å². The van der Waals surface area contributed by atoms with Crippen LogP contribution in [0.1, 0.15) is 41.0 Å². The normalized spacial score (nSPS) is 13.5. The largest absolute Gasteiger partial charge is 0.365 e. The van der Waals surface area contributed by atoms with Crippen LogP contribution in [0.15, 0.2) is 17.2 Å². The lowest BCUT2D eigenvalue weighted by Gasteiger charge is -2.22. The fourth-order valence-electron chi connectivity index (χ4n) is 1.48. The van der Waals surface area contributed by atoms with Gasteiger partial charge in [0.15, 0.2) is 5.82 Å². The first-order valence-corrected chi connectivity index (χ1v) is 6.18. The molecule has 4 nitrogen and oxygen atoms in total. The van der Waals surface area contributed by atoms with Crippen LogP contribution in [-0.4, -0.2) is 16.1 Å². The third-order valence-electron chi connectivity index (χ3n) is 2.88. The molecule has 1 N–H and O–H groups in total. The molecule has 0 aliphatic carbocycles. The molecule has 96 valence electrons. The number of nitrogens with zero attached hydrogens (tertiary/aromatic N) is 2. The van der Waals surface area contributed by atoms with E-state index in [2.05, 4.69) is 24.1 Å². The molecule has 0 aromatic carbocycles. The first kappa shape index (κ1) is 13.7. The Morgan fingerprint density at radius 2 is 2.12 bits per heavy atom. The Balaban J connectivity index is 2.92. The highest BCUT2D eigenvalue weighted by atomic mass is 16.1. The van der Waals surface area contributed by atoms with Crippen LogP contribution in [0.25, 0.3) is 0 Å². The van der Waals surface area contributed by atoms with Crippen LogP contribution in [0.3, 0.4) is 0 Å². The number of nitrogens with one attached hydrogen (secondary N) is 1. The second-order valence-electron chi connectivity index (χ2n) is 5.52. The van der Waals surface area contributed by atoms with E-state index in [1.807, 2.05) is 20.8 Å². The molecule has 1 aromatic heterocycles. The second kappa shape index (κ2) is 5.34. The molecule has 0 radical (unpaired) electrons. The van der Waals surface area contributed by atoms with Gasteiger partial charge in [0.1, 0.15) is 0 Å². The standard InChI is InChI=1S/C13H23N3O/c1-6-10(2)9-15-11-12(17)16(8-7-14-11)13(3,4)5/h7-8,10H,6,9H2,1-5H3,(H,14,15). The Bertz CT molecular complexity index is 417. The van der Waals surface area contributed by atoms with Gasteiger partial charge in [0.05, 0.1) is 0 Å². The lowest BCUT2D eigenvalue weighted by Crippen LogP contribution is -2.35. The third-order valence-corrected chi connectivity index (χ3v) is 2.88. The SMILES string of the molecule is CCC(C)CNc1nccn(C(C)(C)C)c1=O. The third kappa shape index (κ3) is 3.58. The molecule has 0 amide bonds. The Kier molecular flexibility index (Phi) is 4.32. The maximum absolute atomic E-state index is 12.2. The van der Waals surface area contributed by atoms with Crippen molar-refractivity contribution in [3.05, 3.63) is 22.7 Å². The van der Waals surface area contributed by atoms with Crippen LogP contribution < -0.4 is 10.9 Å². The van der Waals surface area contributed by atoms with Crippen LogP contribution >= 0.6 is 0 Å². The summed E-state index contributed by atoms with van der Waals surface area (Å²) in [5, 5.41) is 3.13. The van der Waals surface area contributed by atoms with Crippen LogP contribution in [0.2, 0.25) is 0 Å². The fraction of sp³-hybridized carbons (Fsp3) is 0.692. The molecule has 0 saturated heterocycles. The maximum Gasteiger partial charge on any atom is 0.293 e. The molecule has 1 aromatic rings. The summed E-state index contributed by atoms with van der Waals surface area (Å²) in [6, 6.07) is 0. The quantitative estimate of drug-likeness (QED) is 0.875. The summed E-state index contributed by atoms with van der Waals surface area (Å²) >= 11 is 0. The minimum Gasteiger partial charge on any atom is -0.365 e. The molecular weight excluding hydrogens is 214 g/mol. The van der Waals surface area contributed by atoms with Crippen molar-refractivity contribution in [2.24, 2.45) is 5.92 Å². The molecule has 0 fully saturated rings. The van der Waals surface area contributed by atoms with E-state index < -0.39 is 0 Å². The van der Waals surface area contributed by atoms with Gasteiger partial charge in [0.2, 0.25) is 0 Å². The van der Waals surface area contributed by atoms with E-state index in [1.165, 1.54) is 0 Å². The Hall–Kier alpha value is -1.32. The molecule has 0 bridgehead atoms. The summed E-state index contributed by atoms with van der Waals surface area (Å²) in [4.78, 5) is 16.3. The number of aromatic nitrogens is 2. The smallest absolute Gasteiger partial charge is 0.293 e. The van der Waals surface area contributed by atoms with Gasteiger partial charge in [0, 0.05) is 24.5 Å². The monoisotopic (exact) mass is 237 g/mol. The average Bonchev–Trinajstić information content (AvgIpc) is 2.25. The molecule has 1 atom stereocenters. The van der Waals surface area contributed by atoms with E-state index in [4.69, 9.17) is 0 Å². The first-order valence-electron chi connectivity index (χ1n) is 6.18. The van der Waals surface area contributed by atoms with Gasteiger partial charge in [-0.3, -0.25) is 4.79 Å². The Labute approximate surface area is 103 Å². The van der Waals surface area contributed by atoms with Gasteiger partial charge in [-0.15, -0.1) is 0 Å². The number of anilines is 1. The lowest BCUT2D eigenvalue weighted by atomic mass is 10.1. The minimum atomic E-state index is -0.215. The van der Waals surface area contributed by atoms with Gasteiger partial charge in [0.25, 0.3) is 5.56 Å². The molecule has 0 saturated carbocycles. The van der Waals surface area contributed by atoms with Crippen LogP contribution in [0, 0.1) is 5.92 Å². The summed E-state index contributed by atoms with van der Waals surface area (Å²) in [5.41, 5.74) is -0.268. The van der Waals surface area contributed by atoms with Crippen molar-refractivity contribution in [1.82, 2.24) is 9.55 Å². The highest BCUT2D eigenvalue weighted by Gasteiger charge is 2.16. The zero-order chi connectivity index (χ0) is 13.1. The molecule has 1 rings (SSSR count). The Morgan fingerprint density at radius 3 is 2.65 bits per heavy atom. The average molecular weight is 237 g/mol. The van der Waals surface area contributed by atoms with Gasteiger partial charge < -0.3 is 9.88 Å². The molecule has 0 aliphatic heterocycles. The molecule has 1 unspecified atom stereocenters. The topological polar surface area (TPSA) is 46.9 Å². The lowest BCUT2D eigenvalue weighted by molar-refractivity contribution is 0.383. The van der Waals surface area contributed by atoms with E-state index in [1.54, 1.807) is 17.0 Å². The van der Waals surface area contributed by atoms with E-state index in [0.717, 1.165) is 13.0 Å². The molecule has 17 heavy (non-hydrogen) atoms. The zero-order valence-corrected chi connectivity index (χ0v) is 11.4.